The van der Waals surface area contributed by atoms with Crippen molar-refractivity contribution in [3.8, 4) is 6.07 Å². The van der Waals surface area contributed by atoms with Gasteiger partial charge in [-0.25, -0.2) is 21.8 Å². The van der Waals surface area contributed by atoms with E-state index in [2.05, 4.69) is 15.0 Å². The molecule has 2 aromatic carbocycles. The molecule has 3 heterocycles. The largest absolute Gasteiger partial charge is 0.313 e. The Morgan fingerprint density at radius 3 is 2.64 bits per heavy atom. The molecule has 6 rings (SSSR count). The minimum absolute atomic E-state index is 0.0125. The van der Waals surface area contributed by atoms with Crippen molar-refractivity contribution in [2.75, 3.05) is 4.90 Å². The van der Waals surface area contributed by atoms with Crippen LogP contribution in [0.4, 0.5) is 10.1 Å². The Kier molecular flexibility index (Phi) is 8.03. The van der Waals surface area contributed by atoms with Gasteiger partial charge >= 0.3 is 0 Å². The molecule has 0 spiro atoms. The monoisotopic (exact) mass is 624 g/mol. The quantitative estimate of drug-likeness (QED) is 0.249. The Labute approximate surface area is 258 Å². The maximum Gasteiger partial charge on any atom is 0.276 e. The second-order valence-corrected chi connectivity index (χ2v) is 12.9. The highest BCUT2D eigenvalue weighted by Crippen LogP contribution is 2.32. The number of aromatic amines is 1. The van der Waals surface area contributed by atoms with E-state index in [4.69, 9.17) is 0 Å². The Morgan fingerprint density at radius 2 is 1.91 bits per heavy atom. The molecule has 1 fully saturated rings. The number of rotatable bonds is 7. The molecule has 45 heavy (non-hydrogen) atoms. The maximum atomic E-state index is 14.6. The summed E-state index contributed by atoms with van der Waals surface area (Å²) in [5, 5.41) is 9.74. The van der Waals surface area contributed by atoms with Gasteiger partial charge < -0.3 is 9.88 Å². The van der Waals surface area contributed by atoms with Gasteiger partial charge in [-0.2, -0.15) is 5.26 Å². The van der Waals surface area contributed by atoms with Crippen LogP contribution in [0.1, 0.15) is 70.9 Å². The highest BCUT2D eigenvalue weighted by Gasteiger charge is 2.29. The third kappa shape index (κ3) is 5.74. The van der Waals surface area contributed by atoms with Gasteiger partial charge in [0.2, 0.25) is 0 Å². The summed E-state index contributed by atoms with van der Waals surface area (Å²) in [6, 6.07) is 15.1. The zero-order chi connectivity index (χ0) is 31.7. The van der Waals surface area contributed by atoms with Gasteiger partial charge in [0.25, 0.3) is 21.5 Å². The summed E-state index contributed by atoms with van der Waals surface area (Å²) in [6.45, 7) is 1.37. The first-order valence-corrected chi connectivity index (χ1v) is 16.0. The molecule has 12 heteroatoms. The Hall–Kier alpha value is -5.15. The molecule has 0 radical (unpaired) electrons. The maximum absolute atomic E-state index is 14.6. The van der Waals surface area contributed by atoms with E-state index in [1.54, 1.807) is 18.2 Å². The summed E-state index contributed by atoms with van der Waals surface area (Å²) in [5.74, 6) is -1.08. The number of hydrogen-bond acceptors (Lipinski definition) is 7. The molecule has 10 nitrogen and oxygen atoms in total. The van der Waals surface area contributed by atoms with Crippen LogP contribution >= 0.6 is 0 Å². The number of fused-ring (bicyclic) bond motifs is 1. The van der Waals surface area contributed by atoms with Gasteiger partial charge in [-0.15, -0.1) is 0 Å². The highest BCUT2D eigenvalue weighted by atomic mass is 32.2. The van der Waals surface area contributed by atoms with Crippen molar-refractivity contribution in [3.05, 3.63) is 118 Å². The third-order valence-corrected chi connectivity index (χ3v) is 10.0. The molecule has 5 aromatic rings. The normalized spacial score (nSPS) is 13.9. The van der Waals surface area contributed by atoms with Crippen molar-refractivity contribution in [2.45, 2.75) is 56.4 Å². The van der Waals surface area contributed by atoms with Crippen molar-refractivity contribution in [3.63, 3.8) is 0 Å². The van der Waals surface area contributed by atoms with E-state index in [0.717, 1.165) is 34.5 Å². The number of anilines is 1. The van der Waals surface area contributed by atoms with E-state index in [1.807, 2.05) is 24.4 Å². The predicted molar refractivity (Wildman–Crippen MR) is 166 cm³/mol. The van der Waals surface area contributed by atoms with Crippen molar-refractivity contribution in [1.82, 2.24) is 18.9 Å². The SMILES string of the molecule is Cc1c(F)cc(S(=O)(=O)n2cccc2C(=O)N(Cc2ccc(C3CCCCC3)cn2)c2ccc3c(=O)[nH]cnc3c2)cc1C#N. The summed E-state index contributed by atoms with van der Waals surface area (Å²) in [7, 11) is -4.49. The van der Waals surface area contributed by atoms with Crippen molar-refractivity contribution in [1.29, 1.82) is 5.26 Å². The number of halogens is 1. The second kappa shape index (κ2) is 12.1. The molecule has 1 amide bonds. The predicted octanol–water partition coefficient (Wildman–Crippen LogP) is 5.57. The van der Waals surface area contributed by atoms with Crippen LogP contribution in [0.2, 0.25) is 0 Å². The Balaban J connectivity index is 1.41. The van der Waals surface area contributed by atoms with Gasteiger partial charge in [0.15, 0.2) is 0 Å². The van der Waals surface area contributed by atoms with Crippen LogP contribution in [-0.4, -0.2) is 33.2 Å². The molecular formula is C33H29FN6O4S. The van der Waals surface area contributed by atoms with E-state index >= 15 is 0 Å². The van der Waals surface area contributed by atoms with Crippen molar-refractivity contribution < 1.29 is 17.6 Å². The third-order valence-electron chi connectivity index (χ3n) is 8.35. The summed E-state index contributed by atoms with van der Waals surface area (Å²) in [5.41, 5.74) is 1.76. The van der Waals surface area contributed by atoms with Gasteiger partial charge in [0.05, 0.1) is 46.0 Å². The Morgan fingerprint density at radius 1 is 1.11 bits per heavy atom. The number of pyridine rings is 1. The minimum atomic E-state index is -4.49. The van der Waals surface area contributed by atoms with Crippen molar-refractivity contribution >= 4 is 32.5 Å². The topological polar surface area (TPSA) is 142 Å². The molecular weight excluding hydrogens is 595 g/mol. The lowest BCUT2D eigenvalue weighted by molar-refractivity contribution is 0.0979. The first-order chi connectivity index (χ1) is 21.7. The summed E-state index contributed by atoms with van der Waals surface area (Å²) < 4.78 is 42.8. The first-order valence-electron chi connectivity index (χ1n) is 14.5. The number of carbonyl (C=O) groups is 1. The fraction of sp³-hybridized carbons (Fsp3) is 0.242. The van der Waals surface area contributed by atoms with Crippen LogP contribution < -0.4 is 10.5 Å². The molecule has 0 unspecified atom stereocenters. The van der Waals surface area contributed by atoms with Gasteiger partial charge in [0, 0.05) is 23.6 Å². The molecule has 228 valence electrons. The number of H-pyrrole nitrogens is 1. The molecule has 3 aromatic heterocycles. The summed E-state index contributed by atoms with van der Waals surface area (Å²) >= 11 is 0. The summed E-state index contributed by atoms with van der Waals surface area (Å²) in [4.78, 5) is 38.9. The van der Waals surface area contributed by atoms with Crippen LogP contribution in [0.3, 0.4) is 0 Å². The number of carbonyl (C=O) groups excluding carboxylic acids is 1. The second-order valence-electron chi connectivity index (χ2n) is 11.1. The van der Waals surface area contributed by atoms with Gasteiger partial charge in [-0.1, -0.05) is 25.3 Å². The summed E-state index contributed by atoms with van der Waals surface area (Å²) in [6.07, 6.45) is 10.1. The van der Waals surface area contributed by atoms with Crippen molar-refractivity contribution in [2.24, 2.45) is 0 Å². The molecule has 0 atom stereocenters. The van der Waals surface area contributed by atoms with Gasteiger partial charge in [-0.05, 0) is 79.8 Å². The highest BCUT2D eigenvalue weighted by molar-refractivity contribution is 7.90. The number of nitrogens with zero attached hydrogens (tertiary/aromatic N) is 5. The number of nitrogens with one attached hydrogen (secondary N) is 1. The van der Waals surface area contributed by atoms with Crippen LogP contribution in [0.25, 0.3) is 10.9 Å². The fourth-order valence-electron chi connectivity index (χ4n) is 5.79. The minimum Gasteiger partial charge on any atom is -0.313 e. The number of aromatic nitrogens is 4. The molecule has 1 N–H and O–H groups in total. The lowest BCUT2D eigenvalue weighted by Crippen LogP contribution is -2.33. The van der Waals surface area contributed by atoms with Crippen LogP contribution in [0.15, 0.2) is 83.0 Å². The standard InChI is InChI=1S/C33H29FN6O4S/c1-21-24(17-35)14-27(16-29(21)34)45(43,44)40-13-5-8-31(40)33(42)39(26-11-12-28-30(15-26)37-20-38-32(28)41)19-25-10-9-23(18-36-25)22-6-3-2-4-7-22/h5,8-16,18,20,22H,2-4,6-7,19H2,1H3,(H,37,38,41). The van der Waals surface area contributed by atoms with Crippen LogP contribution in [0.5, 0.6) is 0 Å². The number of hydrogen-bond donors (Lipinski definition) is 1. The molecule has 0 aliphatic heterocycles. The average molecular weight is 625 g/mol. The smallest absolute Gasteiger partial charge is 0.276 e. The van der Waals surface area contributed by atoms with Gasteiger partial charge in [-0.3, -0.25) is 14.6 Å². The lowest BCUT2D eigenvalue weighted by atomic mass is 9.85. The first kappa shape index (κ1) is 29.9. The van der Waals surface area contributed by atoms with E-state index in [9.17, 15) is 27.7 Å². The van der Waals surface area contributed by atoms with E-state index in [-0.39, 0.29) is 28.9 Å². The molecule has 1 saturated carbocycles. The zero-order valence-electron chi connectivity index (χ0n) is 24.4. The van der Waals surface area contributed by atoms with Crippen LogP contribution in [0, 0.1) is 24.1 Å². The van der Waals surface area contributed by atoms with Crippen LogP contribution in [-0.2, 0) is 16.6 Å². The molecule has 0 saturated heterocycles. The van der Waals surface area contributed by atoms with E-state index in [1.165, 1.54) is 55.7 Å². The van der Waals surface area contributed by atoms with E-state index < -0.39 is 26.6 Å². The van der Waals surface area contributed by atoms with Gasteiger partial charge in [0.1, 0.15) is 11.5 Å². The average Bonchev–Trinajstić information content (AvgIpc) is 3.56. The Bertz CT molecular complexity index is 2130. The molecule has 1 aliphatic carbocycles. The lowest BCUT2D eigenvalue weighted by Gasteiger charge is -2.24. The number of amides is 1. The fourth-order valence-corrected chi connectivity index (χ4v) is 7.16. The molecule has 0 bridgehead atoms. The number of nitriles is 1. The van der Waals surface area contributed by atoms with E-state index in [0.29, 0.717) is 28.2 Å². The zero-order valence-corrected chi connectivity index (χ0v) is 25.2. The number of benzene rings is 2. The molecule has 1 aliphatic rings.